The third kappa shape index (κ3) is 4.29. The molecule has 2 heterocycles. The number of nitrogens with zero attached hydrogens (tertiary/aromatic N) is 2. The molecule has 2 amide bonds. The maximum atomic E-state index is 13.6. The van der Waals surface area contributed by atoms with Crippen molar-refractivity contribution in [1.29, 1.82) is 0 Å². The number of rotatable bonds is 4. The minimum atomic E-state index is -4.58. The average Bonchev–Trinajstić information content (AvgIpc) is 2.75. The van der Waals surface area contributed by atoms with E-state index < -0.39 is 17.6 Å². The highest BCUT2D eigenvalue weighted by Crippen LogP contribution is 2.38. The quantitative estimate of drug-likeness (QED) is 0.603. The number of halogens is 3. The number of para-hydroxylation sites is 2. The number of pyridine rings is 1. The predicted octanol–water partition coefficient (Wildman–Crippen LogP) is 4.34. The number of thioether (sulfide) groups is 1. The molecule has 0 unspecified atom stereocenters. The number of hydrogen-bond acceptors (Lipinski definition) is 5. The standard InChI is InChI=1S/C21H16F3N3O3S/c1-30-12-6-7-13-14(21(22,23)24)9-19(26-16(13)8-12)31-11-20(29)27-10-18(28)25-15-4-2-3-5-17(15)27/h2-9H,10-11H2,1H3,(H,25,28). The number of benzene rings is 2. The van der Waals surface area contributed by atoms with E-state index in [0.717, 1.165) is 17.8 Å². The highest BCUT2D eigenvalue weighted by molar-refractivity contribution is 7.99. The molecule has 0 atom stereocenters. The maximum absolute atomic E-state index is 13.6. The molecular weight excluding hydrogens is 431 g/mol. The molecule has 1 aliphatic rings. The molecule has 160 valence electrons. The third-order valence-corrected chi connectivity index (χ3v) is 5.61. The third-order valence-electron chi connectivity index (χ3n) is 4.71. The summed E-state index contributed by atoms with van der Waals surface area (Å²) in [7, 11) is 1.41. The number of methoxy groups -OCH3 is 1. The minimum absolute atomic E-state index is 0.0504. The number of ether oxygens (including phenoxy) is 1. The number of amides is 2. The number of alkyl halides is 3. The number of aromatic nitrogens is 1. The van der Waals surface area contributed by atoms with Crippen molar-refractivity contribution in [2.24, 2.45) is 0 Å². The van der Waals surface area contributed by atoms with E-state index >= 15 is 0 Å². The Balaban J connectivity index is 1.62. The Bertz CT molecular complexity index is 1180. The summed E-state index contributed by atoms with van der Waals surface area (Å²) in [6.45, 7) is -0.160. The van der Waals surface area contributed by atoms with Gasteiger partial charge in [0, 0.05) is 11.5 Å². The van der Waals surface area contributed by atoms with Gasteiger partial charge in [0.2, 0.25) is 11.8 Å². The van der Waals surface area contributed by atoms with Crippen LogP contribution in [0.3, 0.4) is 0 Å². The Morgan fingerprint density at radius 3 is 2.74 bits per heavy atom. The molecule has 2 aromatic carbocycles. The Labute approximate surface area is 179 Å². The van der Waals surface area contributed by atoms with E-state index in [-0.39, 0.29) is 34.1 Å². The van der Waals surface area contributed by atoms with Gasteiger partial charge in [-0.3, -0.25) is 9.59 Å². The molecule has 4 rings (SSSR count). The Kier molecular flexibility index (Phi) is 5.48. The summed E-state index contributed by atoms with van der Waals surface area (Å²) in [5.74, 6) is -0.551. The molecule has 1 aliphatic heterocycles. The van der Waals surface area contributed by atoms with Crippen molar-refractivity contribution >= 4 is 45.9 Å². The zero-order valence-corrected chi connectivity index (χ0v) is 17.0. The van der Waals surface area contributed by atoms with Crippen LogP contribution in [0, 0.1) is 0 Å². The molecule has 0 bridgehead atoms. The van der Waals surface area contributed by atoms with Crippen LogP contribution in [-0.4, -0.2) is 36.2 Å². The SMILES string of the molecule is COc1ccc2c(C(F)(F)F)cc(SCC(=O)N3CC(=O)Nc4ccccc43)nc2c1. The first kappa shape index (κ1) is 21.0. The van der Waals surface area contributed by atoms with Gasteiger partial charge in [-0.05, 0) is 30.3 Å². The summed E-state index contributed by atoms with van der Waals surface area (Å²) in [4.78, 5) is 30.3. The summed E-state index contributed by atoms with van der Waals surface area (Å²) >= 11 is 0.882. The molecule has 6 nitrogen and oxygen atoms in total. The fourth-order valence-corrected chi connectivity index (χ4v) is 4.08. The molecule has 3 aromatic rings. The molecule has 0 aliphatic carbocycles. The normalized spacial score (nSPS) is 13.7. The first-order valence-electron chi connectivity index (χ1n) is 9.14. The minimum Gasteiger partial charge on any atom is -0.497 e. The first-order chi connectivity index (χ1) is 14.8. The van der Waals surface area contributed by atoms with Gasteiger partial charge >= 0.3 is 6.18 Å². The van der Waals surface area contributed by atoms with Crippen LogP contribution in [0.15, 0.2) is 53.6 Å². The Hall–Kier alpha value is -3.27. The lowest BCUT2D eigenvalue weighted by Crippen LogP contribution is -2.43. The van der Waals surface area contributed by atoms with Crippen molar-refractivity contribution < 1.29 is 27.5 Å². The van der Waals surface area contributed by atoms with Gasteiger partial charge in [0.25, 0.3) is 0 Å². The van der Waals surface area contributed by atoms with Crippen LogP contribution < -0.4 is 15.0 Å². The van der Waals surface area contributed by atoms with E-state index in [4.69, 9.17) is 4.74 Å². The number of anilines is 2. The first-order valence-corrected chi connectivity index (χ1v) is 10.1. The van der Waals surface area contributed by atoms with Crippen LogP contribution >= 0.6 is 11.8 Å². The zero-order chi connectivity index (χ0) is 22.2. The number of hydrogen-bond donors (Lipinski definition) is 1. The lowest BCUT2D eigenvalue weighted by Gasteiger charge is -2.29. The molecule has 0 saturated heterocycles. The van der Waals surface area contributed by atoms with Gasteiger partial charge in [-0.25, -0.2) is 4.98 Å². The van der Waals surface area contributed by atoms with Crippen LogP contribution in [-0.2, 0) is 15.8 Å². The van der Waals surface area contributed by atoms with Crippen LogP contribution in [0.25, 0.3) is 10.9 Å². The summed E-state index contributed by atoms with van der Waals surface area (Å²) in [6, 6.07) is 11.9. The van der Waals surface area contributed by atoms with Crippen molar-refractivity contribution in [1.82, 2.24) is 4.98 Å². The maximum Gasteiger partial charge on any atom is 0.417 e. The molecule has 31 heavy (non-hydrogen) atoms. The molecule has 0 fully saturated rings. The van der Waals surface area contributed by atoms with Crippen LogP contribution in [0.1, 0.15) is 5.56 Å². The van der Waals surface area contributed by atoms with E-state index in [2.05, 4.69) is 10.3 Å². The Morgan fingerprint density at radius 2 is 2.00 bits per heavy atom. The van der Waals surface area contributed by atoms with Gasteiger partial charge in [-0.2, -0.15) is 13.2 Å². The molecule has 1 N–H and O–H groups in total. The Morgan fingerprint density at radius 1 is 1.23 bits per heavy atom. The molecule has 0 spiro atoms. The number of fused-ring (bicyclic) bond motifs is 2. The van der Waals surface area contributed by atoms with E-state index in [1.807, 2.05) is 0 Å². The van der Waals surface area contributed by atoms with Crippen LogP contribution in [0.4, 0.5) is 24.5 Å². The van der Waals surface area contributed by atoms with Crippen LogP contribution in [0.5, 0.6) is 5.75 Å². The van der Waals surface area contributed by atoms with Gasteiger partial charge in [-0.15, -0.1) is 0 Å². The van der Waals surface area contributed by atoms with E-state index in [1.54, 1.807) is 24.3 Å². The number of carbonyl (C=O) groups excluding carboxylic acids is 2. The highest BCUT2D eigenvalue weighted by Gasteiger charge is 2.34. The summed E-state index contributed by atoms with van der Waals surface area (Å²) in [5.41, 5.74) is 0.330. The smallest absolute Gasteiger partial charge is 0.417 e. The highest BCUT2D eigenvalue weighted by atomic mass is 32.2. The molecular formula is C21H16F3N3O3S. The van der Waals surface area contributed by atoms with Crippen molar-refractivity contribution in [2.45, 2.75) is 11.2 Å². The average molecular weight is 447 g/mol. The van der Waals surface area contributed by atoms with Gasteiger partial charge < -0.3 is 15.0 Å². The van der Waals surface area contributed by atoms with E-state index in [9.17, 15) is 22.8 Å². The fourth-order valence-electron chi connectivity index (χ4n) is 3.29. The van der Waals surface area contributed by atoms with Gasteiger partial charge in [0.15, 0.2) is 0 Å². The van der Waals surface area contributed by atoms with E-state index in [1.165, 1.54) is 30.2 Å². The predicted molar refractivity (Wildman–Crippen MR) is 111 cm³/mol. The second-order valence-corrected chi connectivity index (χ2v) is 7.72. The molecule has 0 radical (unpaired) electrons. The van der Waals surface area contributed by atoms with Crippen LogP contribution in [0.2, 0.25) is 0 Å². The van der Waals surface area contributed by atoms with Crippen molar-refractivity contribution in [3.8, 4) is 5.75 Å². The summed E-state index contributed by atoms with van der Waals surface area (Å²) in [6.07, 6.45) is -4.58. The lowest BCUT2D eigenvalue weighted by atomic mass is 10.1. The number of nitrogens with one attached hydrogen (secondary N) is 1. The second-order valence-electron chi connectivity index (χ2n) is 6.72. The van der Waals surface area contributed by atoms with Gasteiger partial charge in [0.1, 0.15) is 12.3 Å². The lowest BCUT2D eigenvalue weighted by molar-refractivity contribution is -0.136. The van der Waals surface area contributed by atoms with Gasteiger partial charge in [-0.1, -0.05) is 23.9 Å². The summed E-state index contributed by atoms with van der Waals surface area (Å²) < 4.78 is 45.9. The van der Waals surface area contributed by atoms with Crippen molar-refractivity contribution in [2.75, 3.05) is 29.6 Å². The monoisotopic (exact) mass is 447 g/mol. The number of carbonyl (C=O) groups is 2. The van der Waals surface area contributed by atoms with Gasteiger partial charge in [0.05, 0.1) is 40.3 Å². The second kappa shape index (κ2) is 8.10. The largest absolute Gasteiger partial charge is 0.497 e. The van der Waals surface area contributed by atoms with Crippen molar-refractivity contribution in [3.05, 3.63) is 54.1 Å². The topological polar surface area (TPSA) is 71.5 Å². The fraction of sp³-hybridized carbons (Fsp3) is 0.190. The van der Waals surface area contributed by atoms with E-state index in [0.29, 0.717) is 17.1 Å². The molecule has 10 heteroatoms. The molecule has 1 aromatic heterocycles. The zero-order valence-electron chi connectivity index (χ0n) is 16.2. The van der Waals surface area contributed by atoms with Crippen molar-refractivity contribution in [3.63, 3.8) is 0 Å². The summed E-state index contributed by atoms with van der Waals surface area (Å²) in [5, 5.41) is 2.69. The molecule has 0 saturated carbocycles.